The molecule has 1 aliphatic rings. The van der Waals surface area contributed by atoms with Crippen molar-refractivity contribution in [3.8, 4) is 0 Å². The van der Waals surface area contributed by atoms with Gasteiger partial charge < -0.3 is 25.0 Å². The first-order chi connectivity index (χ1) is 19.6. The second-order valence-electron chi connectivity index (χ2n) is 15.3. The van der Waals surface area contributed by atoms with Crippen molar-refractivity contribution in [2.24, 2.45) is 10.8 Å². The molecule has 0 aromatic rings. The van der Waals surface area contributed by atoms with E-state index in [-0.39, 0.29) is 40.1 Å². The average molecular weight is 634 g/mol. The number of ether oxygens (including phenoxy) is 1. The van der Waals surface area contributed by atoms with E-state index in [1.807, 2.05) is 75.7 Å². The second-order valence-corrected chi connectivity index (χ2v) is 17.9. The molecular weight excluding hydrogens is 576 g/mol. The molecule has 4 unspecified atom stereocenters. The quantitative estimate of drug-likeness (QED) is 0.196. The van der Waals surface area contributed by atoms with Gasteiger partial charge in [0, 0.05) is 51.4 Å². The third-order valence-electron chi connectivity index (χ3n) is 8.12. The van der Waals surface area contributed by atoms with Gasteiger partial charge in [0.05, 0.1) is 38.8 Å². The number of nitrogens with one attached hydrogen (secondary N) is 2. The summed E-state index contributed by atoms with van der Waals surface area (Å²) in [5.41, 5.74) is -1.36. The molecule has 0 aliphatic heterocycles. The van der Waals surface area contributed by atoms with Gasteiger partial charge in [-0.3, -0.25) is 9.59 Å². The van der Waals surface area contributed by atoms with Gasteiger partial charge in [0.1, 0.15) is 11.5 Å². The molecule has 1 rings (SSSR count). The van der Waals surface area contributed by atoms with Crippen LogP contribution in [0.3, 0.4) is 0 Å². The Morgan fingerprint density at radius 1 is 0.814 bits per heavy atom. The number of ketones is 1. The van der Waals surface area contributed by atoms with E-state index in [9.17, 15) is 19.2 Å². The molecular formula is C30H58B4N2O5S2. The first kappa shape index (κ1) is 40.4. The van der Waals surface area contributed by atoms with Crippen molar-refractivity contribution < 1.29 is 23.9 Å². The monoisotopic (exact) mass is 634 g/mol. The maximum atomic E-state index is 13.3. The maximum Gasteiger partial charge on any atom is 0.226 e. The Morgan fingerprint density at radius 2 is 1.30 bits per heavy atom. The van der Waals surface area contributed by atoms with Crippen molar-refractivity contribution in [2.75, 3.05) is 18.1 Å². The smallest absolute Gasteiger partial charge is 0.226 e. The van der Waals surface area contributed by atoms with Gasteiger partial charge in [-0.1, -0.05) is 34.6 Å². The first-order valence-electron chi connectivity index (χ1n) is 16.2. The summed E-state index contributed by atoms with van der Waals surface area (Å²) in [6.45, 7) is 20.2. The summed E-state index contributed by atoms with van der Waals surface area (Å²) >= 11 is 3.63. The Morgan fingerprint density at radius 3 is 1.74 bits per heavy atom. The van der Waals surface area contributed by atoms with Gasteiger partial charge in [-0.15, -0.1) is 0 Å². The summed E-state index contributed by atoms with van der Waals surface area (Å²) in [6.07, 6.45) is 3.80. The number of amides is 1. The topological polar surface area (TPSA) is 102 Å². The van der Waals surface area contributed by atoms with Gasteiger partial charge in [-0.2, -0.15) is 23.5 Å². The van der Waals surface area contributed by atoms with Gasteiger partial charge >= 0.3 is 0 Å². The average Bonchev–Trinajstić information content (AvgIpc) is 2.87. The molecule has 0 saturated heterocycles. The Bertz CT molecular complexity index is 954. The molecule has 1 fully saturated rings. The van der Waals surface area contributed by atoms with E-state index in [1.165, 1.54) is 0 Å². The zero-order valence-electron chi connectivity index (χ0n) is 29.2. The molecule has 0 heterocycles. The predicted molar refractivity (Wildman–Crippen MR) is 194 cm³/mol. The van der Waals surface area contributed by atoms with Crippen LogP contribution >= 0.6 is 23.5 Å². The fraction of sp³-hybridized carbons (Fsp3) is 0.867. The lowest BCUT2D eigenvalue weighted by Crippen LogP contribution is -2.51. The second kappa shape index (κ2) is 17.3. The lowest BCUT2D eigenvalue weighted by Gasteiger charge is -2.38. The Kier molecular flexibility index (Phi) is 16.3. The van der Waals surface area contributed by atoms with E-state index >= 15 is 0 Å². The van der Waals surface area contributed by atoms with Crippen LogP contribution in [0.4, 0.5) is 0 Å². The van der Waals surface area contributed by atoms with E-state index in [2.05, 4.69) is 31.4 Å². The molecule has 0 radical (unpaired) electrons. The van der Waals surface area contributed by atoms with Crippen LogP contribution in [0.25, 0.3) is 0 Å². The minimum atomic E-state index is -0.704. The van der Waals surface area contributed by atoms with Crippen molar-refractivity contribution in [1.29, 1.82) is 0 Å². The standard InChI is InChI=1S/C30H58B4N2O5S2/c1-27(2,3)23(37)13-14-30(9,10)41-16-15-29(7,8)26(40)35-19(24(38)33-31)17-42-21-11-12-22(21)43-18-20(25(39)34-32)36-28(4,5)6/h19-22,33-34,36H,11-18,31-32H2,1-10H3,(H,35,40). The maximum absolute atomic E-state index is 13.3. The number of carbonyl (C=O) groups excluding carboxylic acids is 4. The third kappa shape index (κ3) is 15.0. The fourth-order valence-electron chi connectivity index (χ4n) is 4.62. The molecule has 7 nitrogen and oxygen atoms in total. The molecule has 1 amide bonds. The minimum Gasteiger partial charge on any atom is -0.376 e. The zero-order valence-corrected chi connectivity index (χ0v) is 30.9. The molecule has 242 valence electrons. The van der Waals surface area contributed by atoms with Crippen LogP contribution in [0.15, 0.2) is 0 Å². The van der Waals surface area contributed by atoms with Crippen molar-refractivity contribution in [3.05, 3.63) is 0 Å². The molecule has 43 heavy (non-hydrogen) atoms. The molecule has 1 aliphatic carbocycles. The predicted octanol–water partition coefficient (Wildman–Crippen LogP) is 1.85. The molecule has 0 bridgehead atoms. The summed E-state index contributed by atoms with van der Waals surface area (Å²) in [6, 6.07) is -0.677. The molecule has 2 N–H and O–H groups in total. The van der Waals surface area contributed by atoms with Gasteiger partial charge in [-0.05, 0) is 60.3 Å². The van der Waals surface area contributed by atoms with Gasteiger partial charge in [0.15, 0.2) is 14.3 Å². The highest BCUT2D eigenvalue weighted by Crippen LogP contribution is 2.40. The number of carbonyl (C=O) groups is 4. The molecule has 1 saturated carbocycles. The fourth-order valence-corrected chi connectivity index (χ4v) is 7.81. The van der Waals surface area contributed by atoms with E-state index in [0.717, 1.165) is 18.6 Å². The van der Waals surface area contributed by atoms with E-state index < -0.39 is 17.1 Å². The lowest BCUT2D eigenvalue weighted by atomic mass is 9.51. The van der Waals surface area contributed by atoms with E-state index in [0.29, 0.717) is 56.5 Å². The van der Waals surface area contributed by atoms with E-state index in [4.69, 9.17) is 4.74 Å². The number of hydrogen-bond donors (Lipinski definition) is 2. The summed E-state index contributed by atoms with van der Waals surface area (Å²) in [7, 11) is 4.65. The Balaban J connectivity index is 2.65. The normalized spacial score (nSPS) is 19.1. The number of hydrogen-bond acceptors (Lipinski definition) is 8. The van der Waals surface area contributed by atoms with Crippen LogP contribution in [-0.2, 0) is 23.9 Å². The molecule has 0 spiro atoms. The molecule has 4 atom stereocenters. The first-order valence-corrected chi connectivity index (χ1v) is 18.3. The van der Waals surface area contributed by atoms with Crippen LogP contribution in [0.2, 0.25) is 0 Å². The molecule has 0 aromatic heterocycles. The summed E-state index contributed by atoms with van der Waals surface area (Å²) in [5.74, 6) is 1.38. The number of rotatable bonds is 20. The highest BCUT2D eigenvalue weighted by atomic mass is 32.2. The van der Waals surface area contributed by atoms with Gasteiger partial charge in [0.2, 0.25) is 5.91 Å². The number of thioether (sulfide) groups is 2. The highest BCUT2D eigenvalue weighted by Gasteiger charge is 2.36. The third-order valence-corrected chi connectivity index (χ3v) is 11.3. The van der Waals surface area contributed by atoms with Crippen molar-refractivity contribution >= 4 is 76.4 Å². The van der Waals surface area contributed by atoms with Gasteiger partial charge in [-0.25, -0.2) is 0 Å². The summed E-state index contributed by atoms with van der Waals surface area (Å²) in [5, 5.41) is 7.40. The number of Topliss-reactive ketones (excluding diaryl/α,β-unsaturated/α-hetero) is 1. The van der Waals surface area contributed by atoms with Crippen LogP contribution in [0.1, 0.15) is 101 Å². The van der Waals surface area contributed by atoms with Crippen LogP contribution < -0.4 is 10.6 Å². The minimum absolute atomic E-state index is 0.0454. The highest BCUT2D eigenvalue weighted by molar-refractivity contribution is 8.04. The largest absolute Gasteiger partial charge is 0.376 e. The van der Waals surface area contributed by atoms with Crippen molar-refractivity contribution in [3.63, 3.8) is 0 Å². The van der Waals surface area contributed by atoms with E-state index in [1.54, 1.807) is 11.8 Å². The van der Waals surface area contributed by atoms with Crippen molar-refractivity contribution in [1.82, 2.24) is 10.6 Å². The van der Waals surface area contributed by atoms with Crippen LogP contribution in [0, 0.1) is 10.8 Å². The lowest BCUT2D eigenvalue weighted by molar-refractivity contribution is -0.133. The van der Waals surface area contributed by atoms with Crippen molar-refractivity contribution in [2.45, 2.75) is 135 Å². The van der Waals surface area contributed by atoms with Crippen LogP contribution in [-0.4, -0.2) is 105 Å². The SMILES string of the molecule is BBC(=O)C(CSC1CCC1SCC(NC(C)(C)C)C(=O)BB)NC(=O)C(C)(C)CCOC(C)(C)CCC(=O)C(C)(C)C. The Hall–Kier alpha value is -0.640. The molecule has 0 aromatic carbocycles. The Labute approximate surface area is 274 Å². The molecule has 13 heteroatoms. The summed E-state index contributed by atoms with van der Waals surface area (Å²) < 4.78 is 6.12. The summed E-state index contributed by atoms with van der Waals surface area (Å²) in [4.78, 5) is 51.0. The zero-order chi connectivity index (χ0) is 33.2. The van der Waals surface area contributed by atoms with Crippen LogP contribution in [0.5, 0.6) is 0 Å². The van der Waals surface area contributed by atoms with Gasteiger partial charge in [0.25, 0.3) is 0 Å².